The van der Waals surface area contributed by atoms with Crippen molar-refractivity contribution in [2.45, 2.75) is 13.5 Å². The van der Waals surface area contributed by atoms with E-state index in [9.17, 15) is 4.79 Å². The number of carbonyl (C=O) groups excluding carboxylic acids is 1. The van der Waals surface area contributed by atoms with Gasteiger partial charge in [0.05, 0.1) is 6.26 Å². The minimum Gasteiger partial charge on any atom is -0.459 e. The Labute approximate surface area is 133 Å². The zero-order valence-corrected chi connectivity index (χ0v) is 12.6. The zero-order valence-electron chi connectivity index (χ0n) is 12.6. The molecule has 0 aliphatic rings. The molecule has 0 atom stereocenters. The van der Waals surface area contributed by atoms with Crippen LogP contribution in [0.3, 0.4) is 0 Å². The average Bonchev–Trinajstić information content (AvgIpc) is 3.09. The number of aryl methyl sites for hydroxylation is 1. The monoisotopic (exact) mass is 308 g/mol. The average molecular weight is 308 g/mol. The number of aromatic nitrogens is 2. The number of hydrogen-bond acceptors (Lipinski definition) is 5. The zero-order chi connectivity index (χ0) is 16.1. The predicted octanol–water partition coefficient (Wildman–Crippen LogP) is 3.24. The third-order valence-corrected chi connectivity index (χ3v) is 3.21. The fourth-order valence-electron chi connectivity index (χ4n) is 2.09. The van der Waals surface area contributed by atoms with Crippen molar-refractivity contribution in [1.29, 1.82) is 0 Å². The van der Waals surface area contributed by atoms with Crippen molar-refractivity contribution >= 4 is 17.5 Å². The van der Waals surface area contributed by atoms with Gasteiger partial charge in [-0.05, 0) is 36.8 Å². The fraction of sp³-hybridized carbons (Fsp3) is 0.118. The number of furan rings is 1. The minimum atomic E-state index is -0.357. The second kappa shape index (κ2) is 6.74. The molecule has 0 saturated heterocycles. The van der Waals surface area contributed by atoms with Crippen LogP contribution < -0.4 is 10.6 Å². The van der Waals surface area contributed by atoms with Crippen molar-refractivity contribution in [1.82, 2.24) is 10.2 Å². The molecule has 0 unspecified atom stereocenters. The van der Waals surface area contributed by atoms with Gasteiger partial charge in [0.2, 0.25) is 0 Å². The molecule has 1 aromatic carbocycles. The summed E-state index contributed by atoms with van der Waals surface area (Å²) < 4.78 is 5.02. The third-order valence-electron chi connectivity index (χ3n) is 3.21. The summed E-state index contributed by atoms with van der Waals surface area (Å²) in [5.41, 5.74) is 2.38. The van der Waals surface area contributed by atoms with Crippen molar-refractivity contribution < 1.29 is 9.21 Å². The second-order valence-electron chi connectivity index (χ2n) is 5.08. The third kappa shape index (κ3) is 3.94. The van der Waals surface area contributed by atoms with Crippen LogP contribution in [-0.2, 0) is 6.54 Å². The van der Waals surface area contributed by atoms with E-state index in [1.807, 2.05) is 12.1 Å². The summed E-state index contributed by atoms with van der Waals surface area (Å²) in [4.78, 5) is 11.8. The van der Waals surface area contributed by atoms with Gasteiger partial charge in [-0.3, -0.25) is 4.79 Å². The Kier molecular flexibility index (Phi) is 4.33. The van der Waals surface area contributed by atoms with Crippen molar-refractivity contribution in [2.75, 3.05) is 10.6 Å². The van der Waals surface area contributed by atoms with Crippen LogP contribution in [0.2, 0.25) is 0 Å². The summed E-state index contributed by atoms with van der Waals surface area (Å²) in [5, 5.41) is 13.8. The van der Waals surface area contributed by atoms with Crippen LogP contribution in [-0.4, -0.2) is 16.1 Å². The van der Waals surface area contributed by atoms with Crippen LogP contribution in [0.25, 0.3) is 0 Å². The van der Waals surface area contributed by atoms with E-state index < -0.39 is 0 Å². The molecule has 3 aromatic rings. The first-order valence-corrected chi connectivity index (χ1v) is 7.19. The Morgan fingerprint density at radius 3 is 2.61 bits per heavy atom. The minimum absolute atomic E-state index is 0.230. The van der Waals surface area contributed by atoms with Gasteiger partial charge in [0.15, 0.2) is 11.6 Å². The number of benzene rings is 1. The number of rotatable bonds is 5. The standard InChI is InChI=1S/C17H16N4O2/c1-12-4-2-5-13(10-12)11-18-15-7-8-16(21-20-15)19-17(22)14-6-3-9-23-14/h2-10H,11H2,1H3,(H,18,20)(H,19,21,22). The first-order chi connectivity index (χ1) is 11.2. The molecule has 0 radical (unpaired) electrons. The van der Waals surface area contributed by atoms with E-state index in [2.05, 4.69) is 39.9 Å². The first kappa shape index (κ1) is 14.8. The molecule has 2 heterocycles. The van der Waals surface area contributed by atoms with Gasteiger partial charge in [-0.15, -0.1) is 10.2 Å². The van der Waals surface area contributed by atoms with E-state index in [4.69, 9.17) is 4.42 Å². The molecule has 0 saturated carbocycles. The van der Waals surface area contributed by atoms with Crippen molar-refractivity contribution in [2.24, 2.45) is 0 Å². The molecule has 0 bridgehead atoms. The Balaban J connectivity index is 1.58. The maximum atomic E-state index is 11.8. The summed E-state index contributed by atoms with van der Waals surface area (Å²) in [7, 11) is 0. The SMILES string of the molecule is Cc1cccc(CNc2ccc(NC(=O)c3ccco3)nn2)c1. The lowest BCUT2D eigenvalue weighted by Gasteiger charge is -2.07. The molecule has 0 aliphatic carbocycles. The van der Waals surface area contributed by atoms with Gasteiger partial charge in [-0.25, -0.2) is 0 Å². The molecule has 1 amide bonds. The molecule has 2 N–H and O–H groups in total. The van der Waals surface area contributed by atoms with Gasteiger partial charge in [-0.2, -0.15) is 0 Å². The van der Waals surface area contributed by atoms with Crippen molar-refractivity contribution in [3.63, 3.8) is 0 Å². The number of amides is 1. The van der Waals surface area contributed by atoms with E-state index in [1.54, 1.807) is 24.3 Å². The highest BCUT2D eigenvalue weighted by Gasteiger charge is 2.09. The summed E-state index contributed by atoms with van der Waals surface area (Å²) in [6.07, 6.45) is 1.44. The Morgan fingerprint density at radius 1 is 1.09 bits per heavy atom. The first-order valence-electron chi connectivity index (χ1n) is 7.19. The normalized spacial score (nSPS) is 10.3. The summed E-state index contributed by atoms with van der Waals surface area (Å²) in [5.74, 6) is 0.883. The number of carbonyl (C=O) groups is 1. The van der Waals surface area contributed by atoms with Gasteiger partial charge < -0.3 is 15.1 Å². The molecule has 116 valence electrons. The highest BCUT2D eigenvalue weighted by molar-refractivity contribution is 6.01. The molecule has 6 nitrogen and oxygen atoms in total. The van der Waals surface area contributed by atoms with E-state index >= 15 is 0 Å². The highest BCUT2D eigenvalue weighted by atomic mass is 16.3. The number of nitrogens with zero attached hydrogens (tertiary/aromatic N) is 2. The van der Waals surface area contributed by atoms with Gasteiger partial charge in [0, 0.05) is 6.54 Å². The molecular weight excluding hydrogens is 292 g/mol. The molecule has 0 spiro atoms. The Morgan fingerprint density at radius 2 is 1.91 bits per heavy atom. The van der Waals surface area contributed by atoms with Crippen LogP contribution in [0, 0.1) is 6.92 Å². The molecule has 0 fully saturated rings. The van der Waals surface area contributed by atoms with E-state index in [1.165, 1.54) is 17.4 Å². The molecule has 2 aromatic heterocycles. The summed E-state index contributed by atoms with van der Waals surface area (Å²) >= 11 is 0. The molecule has 3 rings (SSSR count). The lowest BCUT2D eigenvalue weighted by Crippen LogP contribution is -2.13. The van der Waals surface area contributed by atoms with Gasteiger partial charge >= 0.3 is 0 Å². The van der Waals surface area contributed by atoms with Crippen molar-refractivity contribution in [3.05, 3.63) is 71.7 Å². The maximum absolute atomic E-state index is 11.8. The van der Waals surface area contributed by atoms with Crippen LogP contribution in [0.1, 0.15) is 21.7 Å². The Bertz CT molecular complexity index is 783. The number of nitrogens with one attached hydrogen (secondary N) is 2. The predicted molar refractivity (Wildman–Crippen MR) is 87.2 cm³/mol. The lowest BCUT2D eigenvalue weighted by atomic mass is 10.1. The molecule has 6 heteroatoms. The Hall–Kier alpha value is -3.15. The van der Waals surface area contributed by atoms with Crippen LogP contribution in [0.15, 0.2) is 59.2 Å². The van der Waals surface area contributed by atoms with Crippen LogP contribution >= 0.6 is 0 Å². The second-order valence-corrected chi connectivity index (χ2v) is 5.08. The van der Waals surface area contributed by atoms with Gasteiger partial charge in [0.25, 0.3) is 5.91 Å². The van der Waals surface area contributed by atoms with E-state index in [0.29, 0.717) is 18.2 Å². The summed E-state index contributed by atoms with van der Waals surface area (Å²) in [6.45, 7) is 2.72. The van der Waals surface area contributed by atoms with Crippen LogP contribution in [0.4, 0.5) is 11.6 Å². The quantitative estimate of drug-likeness (QED) is 0.756. The largest absolute Gasteiger partial charge is 0.459 e. The topological polar surface area (TPSA) is 80.0 Å². The van der Waals surface area contributed by atoms with Gasteiger partial charge in [0.1, 0.15) is 5.82 Å². The number of hydrogen-bond donors (Lipinski definition) is 2. The maximum Gasteiger partial charge on any atom is 0.292 e. The van der Waals surface area contributed by atoms with Gasteiger partial charge in [-0.1, -0.05) is 29.8 Å². The van der Waals surface area contributed by atoms with E-state index in [0.717, 1.165) is 0 Å². The highest BCUT2D eigenvalue weighted by Crippen LogP contribution is 2.11. The number of anilines is 2. The molecular formula is C17H16N4O2. The van der Waals surface area contributed by atoms with E-state index in [-0.39, 0.29) is 11.7 Å². The summed E-state index contributed by atoms with van der Waals surface area (Å²) in [6, 6.07) is 14.9. The molecule has 23 heavy (non-hydrogen) atoms. The fourth-order valence-corrected chi connectivity index (χ4v) is 2.09. The smallest absolute Gasteiger partial charge is 0.292 e. The van der Waals surface area contributed by atoms with Crippen LogP contribution in [0.5, 0.6) is 0 Å². The lowest BCUT2D eigenvalue weighted by molar-refractivity contribution is 0.0996. The molecule has 0 aliphatic heterocycles. The van der Waals surface area contributed by atoms with Crippen molar-refractivity contribution in [3.8, 4) is 0 Å².